The molecule has 1 heterocycles. The van der Waals surface area contributed by atoms with Crippen LogP contribution < -0.4 is 11.5 Å². The zero-order chi connectivity index (χ0) is 14.8. The number of aromatic nitrogens is 2. The first-order chi connectivity index (χ1) is 8.66. The van der Waals surface area contributed by atoms with E-state index in [9.17, 15) is 18.0 Å². The minimum absolute atomic E-state index is 0.154. The van der Waals surface area contributed by atoms with E-state index in [4.69, 9.17) is 23.1 Å². The molecule has 0 aromatic carbocycles. The monoisotopic (exact) mass is 309 g/mol. The van der Waals surface area contributed by atoms with E-state index in [2.05, 4.69) is 4.98 Å². The molecule has 0 aliphatic heterocycles. The van der Waals surface area contributed by atoms with Crippen LogP contribution in [0.4, 0.5) is 0 Å². The van der Waals surface area contributed by atoms with Crippen LogP contribution >= 0.6 is 11.6 Å². The highest BCUT2D eigenvalue weighted by atomic mass is 35.5. The van der Waals surface area contributed by atoms with Crippen LogP contribution in [0.5, 0.6) is 0 Å². The van der Waals surface area contributed by atoms with Crippen molar-refractivity contribution in [3.05, 3.63) is 11.5 Å². The van der Waals surface area contributed by atoms with Crippen LogP contribution in [0.2, 0.25) is 5.15 Å². The molecular weight excluding hydrogens is 298 g/mol. The molecule has 0 radical (unpaired) electrons. The Balaban J connectivity index is 3.22. The first kappa shape index (κ1) is 15.4. The van der Waals surface area contributed by atoms with Crippen LogP contribution in [-0.2, 0) is 26.7 Å². The summed E-state index contributed by atoms with van der Waals surface area (Å²) >= 11 is 5.77. The number of imidazole rings is 1. The number of halogens is 1. The third kappa shape index (κ3) is 3.43. The van der Waals surface area contributed by atoms with Gasteiger partial charge in [0.15, 0.2) is 0 Å². The van der Waals surface area contributed by atoms with Crippen LogP contribution in [-0.4, -0.2) is 47.2 Å². The van der Waals surface area contributed by atoms with Crippen molar-refractivity contribution >= 4 is 33.4 Å². The fourth-order valence-electron chi connectivity index (χ4n) is 1.26. The van der Waals surface area contributed by atoms with Crippen molar-refractivity contribution in [1.82, 2.24) is 13.9 Å². The number of rotatable bonds is 6. The number of nitrogens with zero attached hydrogens (tertiary/aromatic N) is 3. The molecule has 0 fully saturated rings. The van der Waals surface area contributed by atoms with Crippen molar-refractivity contribution in [3.8, 4) is 0 Å². The van der Waals surface area contributed by atoms with E-state index in [0.717, 1.165) is 0 Å². The Bertz CT molecular complexity index is 595. The van der Waals surface area contributed by atoms with Gasteiger partial charge in [-0.2, -0.15) is 4.31 Å². The predicted molar refractivity (Wildman–Crippen MR) is 65.4 cm³/mol. The SMILES string of the molecule is Cn1cnc(S(=O)(=O)N(CC(N)=O)CC(N)=O)c1Cl. The van der Waals surface area contributed by atoms with Gasteiger partial charge in [-0.05, 0) is 0 Å². The number of sulfonamides is 1. The largest absolute Gasteiger partial charge is 0.369 e. The summed E-state index contributed by atoms with van der Waals surface area (Å²) in [5, 5.41) is -0.627. The van der Waals surface area contributed by atoms with E-state index >= 15 is 0 Å². The summed E-state index contributed by atoms with van der Waals surface area (Å²) in [4.78, 5) is 25.3. The van der Waals surface area contributed by atoms with E-state index in [1.807, 2.05) is 0 Å². The van der Waals surface area contributed by atoms with Crippen molar-refractivity contribution in [2.45, 2.75) is 5.03 Å². The molecule has 1 rings (SSSR count). The Morgan fingerprint density at radius 1 is 1.37 bits per heavy atom. The minimum Gasteiger partial charge on any atom is -0.369 e. The van der Waals surface area contributed by atoms with Gasteiger partial charge in [-0.25, -0.2) is 13.4 Å². The summed E-state index contributed by atoms with van der Waals surface area (Å²) in [6, 6.07) is 0. The van der Waals surface area contributed by atoms with Crippen LogP contribution in [0, 0.1) is 0 Å². The van der Waals surface area contributed by atoms with Crippen molar-refractivity contribution in [3.63, 3.8) is 0 Å². The molecule has 2 amide bonds. The van der Waals surface area contributed by atoms with Crippen LogP contribution in [0.15, 0.2) is 11.4 Å². The van der Waals surface area contributed by atoms with E-state index in [1.165, 1.54) is 17.9 Å². The summed E-state index contributed by atoms with van der Waals surface area (Å²) < 4.78 is 26.2. The summed E-state index contributed by atoms with van der Waals surface area (Å²) in [7, 11) is -2.75. The zero-order valence-electron chi connectivity index (χ0n) is 9.91. The number of aryl methyl sites for hydroxylation is 1. The third-order valence-corrected chi connectivity index (χ3v) is 4.37. The number of primary amides is 2. The molecule has 106 valence electrons. The second-order valence-corrected chi connectivity index (χ2v) is 5.87. The molecule has 0 aliphatic carbocycles. The van der Waals surface area contributed by atoms with E-state index in [-0.39, 0.29) is 5.15 Å². The first-order valence-electron chi connectivity index (χ1n) is 4.89. The van der Waals surface area contributed by atoms with Gasteiger partial charge in [-0.15, -0.1) is 0 Å². The van der Waals surface area contributed by atoms with Gasteiger partial charge in [0.25, 0.3) is 10.0 Å². The van der Waals surface area contributed by atoms with Crippen molar-refractivity contribution in [2.75, 3.05) is 13.1 Å². The molecule has 0 saturated carbocycles. The van der Waals surface area contributed by atoms with Gasteiger partial charge in [0.1, 0.15) is 5.15 Å². The maximum absolute atomic E-state index is 12.2. The zero-order valence-corrected chi connectivity index (χ0v) is 11.5. The third-order valence-electron chi connectivity index (χ3n) is 2.08. The lowest BCUT2D eigenvalue weighted by Gasteiger charge is -2.17. The lowest BCUT2D eigenvalue weighted by molar-refractivity contribution is -0.120. The van der Waals surface area contributed by atoms with Crippen LogP contribution in [0.25, 0.3) is 0 Å². The molecule has 9 nitrogen and oxygen atoms in total. The summed E-state index contributed by atoms with van der Waals surface area (Å²) in [5.41, 5.74) is 9.86. The van der Waals surface area contributed by atoms with Gasteiger partial charge in [0, 0.05) is 7.05 Å². The molecule has 1 aromatic heterocycles. The fraction of sp³-hybridized carbons (Fsp3) is 0.375. The Morgan fingerprint density at radius 2 is 1.84 bits per heavy atom. The van der Waals surface area contributed by atoms with Gasteiger partial charge < -0.3 is 16.0 Å². The lowest BCUT2D eigenvalue weighted by Crippen LogP contribution is -2.43. The van der Waals surface area contributed by atoms with E-state index in [1.54, 1.807) is 0 Å². The van der Waals surface area contributed by atoms with Crippen LogP contribution in [0.3, 0.4) is 0 Å². The number of nitrogens with two attached hydrogens (primary N) is 2. The molecule has 11 heteroatoms. The van der Waals surface area contributed by atoms with E-state index in [0.29, 0.717) is 4.31 Å². The standard InChI is InChI=1S/C8H12ClN5O4S/c1-13-4-12-8(7(13)9)19(17,18)14(2-5(10)15)3-6(11)16/h4H,2-3H2,1H3,(H2,10,15)(H2,11,16). The molecule has 0 atom stereocenters. The smallest absolute Gasteiger partial charge is 0.264 e. The number of carbonyl (C=O) groups excluding carboxylic acids is 2. The second-order valence-electron chi connectivity index (χ2n) is 3.66. The number of hydrogen-bond acceptors (Lipinski definition) is 5. The molecule has 0 bridgehead atoms. The molecule has 0 aliphatic rings. The minimum atomic E-state index is -4.23. The lowest BCUT2D eigenvalue weighted by atomic mass is 10.5. The molecule has 0 spiro atoms. The van der Waals surface area contributed by atoms with Crippen molar-refractivity contribution < 1.29 is 18.0 Å². The van der Waals surface area contributed by atoms with Gasteiger partial charge in [-0.1, -0.05) is 11.6 Å². The summed E-state index contributed by atoms with van der Waals surface area (Å²) in [6.45, 7) is -1.39. The highest BCUT2D eigenvalue weighted by Crippen LogP contribution is 2.22. The van der Waals surface area contributed by atoms with E-state index < -0.39 is 40.0 Å². The Hall–Kier alpha value is -1.65. The molecule has 4 N–H and O–H groups in total. The first-order valence-corrected chi connectivity index (χ1v) is 6.71. The Morgan fingerprint density at radius 3 is 2.16 bits per heavy atom. The van der Waals surface area contributed by atoms with Crippen molar-refractivity contribution in [2.24, 2.45) is 18.5 Å². The van der Waals surface area contributed by atoms with Crippen LogP contribution in [0.1, 0.15) is 0 Å². The fourth-order valence-corrected chi connectivity index (χ4v) is 3.02. The van der Waals surface area contributed by atoms with Gasteiger partial charge in [0.2, 0.25) is 16.8 Å². The molecule has 0 unspecified atom stereocenters. The average Bonchev–Trinajstić information content (AvgIpc) is 2.58. The highest BCUT2D eigenvalue weighted by molar-refractivity contribution is 7.89. The second kappa shape index (κ2) is 5.55. The quantitative estimate of drug-likeness (QED) is 0.627. The van der Waals surface area contributed by atoms with Gasteiger partial charge in [-0.3, -0.25) is 9.59 Å². The normalized spacial score (nSPS) is 11.7. The maximum Gasteiger partial charge on any atom is 0.264 e. The Kier molecular flexibility index (Phi) is 4.50. The maximum atomic E-state index is 12.2. The summed E-state index contributed by atoms with van der Waals surface area (Å²) in [6.07, 6.45) is 1.18. The molecule has 0 saturated heterocycles. The predicted octanol–water partition coefficient (Wildman–Crippen LogP) is -1.97. The number of carbonyl (C=O) groups is 2. The topological polar surface area (TPSA) is 141 Å². The highest BCUT2D eigenvalue weighted by Gasteiger charge is 2.31. The number of amides is 2. The molecular formula is C8H12ClN5O4S. The van der Waals surface area contributed by atoms with Gasteiger partial charge >= 0.3 is 0 Å². The summed E-state index contributed by atoms with van der Waals surface area (Å²) in [5.74, 6) is -1.87. The average molecular weight is 310 g/mol. The van der Waals surface area contributed by atoms with Crippen molar-refractivity contribution in [1.29, 1.82) is 0 Å². The number of hydrogen-bond donors (Lipinski definition) is 2. The van der Waals surface area contributed by atoms with Gasteiger partial charge in [0.05, 0.1) is 19.4 Å². The Labute approximate surface area is 114 Å². The molecule has 1 aromatic rings. The molecule has 19 heavy (non-hydrogen) atoms.